The van der Waals surface area contributed by atoms with Gasteiger partial charge in [-0.1, -0.05) is 46.5 Å². The first-order valence-corrected chi connectivity index (χ1v) is 10.1. The van der Waals surface area contributed by atoms with Gasteiger partial charge in [-0.15, -0.1) is 0 Å². The van der Waals surface area contributed by atoms with Gasteiger partial charge in [0.15, 0.2) is 12.0 Å². The van der Waals surface area contributed by atoms with Gasteiger partial charge in [-0.2, -0.15) is 0 Å². The van der Waals surface area contributed by atoms with Crippen molar-refractivity contribution in [3.8, 4) is 0 Å². The highest BCUT2D eigenvalue weighted by Gasteiger charge is 2.40. The predicted molar refractivity (Wildman–Crippen MR) is 98.2 cm³/mol. The van der Waals surface area contributed by atoms with Gasteiger partial charge in [-0.05, 0) is 31.1 Å². The van der Waals surface area contributed by atoms with E-state index in [1.54, 1.807) is 0 Å². The van der Waals surface area contributed by atoms with Crippen LogP contribution in [-0.2, 0) is 14.4 Å². The Bertz CT molecular complexity index is 446. The zero-order valence-electron chi connectivity index (χ0n) is 16.2. The van der Waals surface area contributed by atoms with Gasteiger partial charge in [0.25, 0.3) is 0 Å². The van der Waals surface area contributed by atoms with E-state index in [1.165, 1.54) is 0 Å². The van der Waals surface area contributed by atoms with Crippen molar-refractivity contribution >= 4 is 17.3 Å². The van der Waals surface area contributed by atoms with Crippen molar-refractivity contribution in [3.05, 3.63) is 0 Å². The molecule has 0 heterocycles. The molecule has 25 heavy (non-hydrogen) atoms. The lowest BCUT2D eigenvalue weighted by Crippen LogP contribution is -2.23. The third kappa shape index (κ3) is 7.37. The highest BCUT2D eigenvalue weighted by atomic mass is 19.1. The summed E-state index contributed by atoms with van der Waals surface area (Å²) in [7, 11) is 0. The van der Waals surface area contributed by atoms with E-state index in [-0.39, 0.29) is 41.5 Å². The van der Waals surface area contributed by atoms with Crippen LogP contribution in [0.1, 0.15) is 91.4 Å². The highest BCUT2D eigenvalue weighted by molar-refractivity contribution is 5.90. The Labute approximate surface area is 152 Å². The number of halogens is 1. The molecule has 0 aromatic rings. The second-order valence-electron chi connectivity index (χ2n) is 7.73. The van der Waals surface area contributed by atoms with Crippen LogP contribution in [0.25, 0.3) is 0 Å². The second-order valence-corrected chi connectivity index (χ2v) is 7.73. The molecule has 0 aliphatic heterocycles. The smallest absolute Gasteiger partial charge is 0.166 e. The van der Waals surface area contributed by atoms with Crippen LogP contribution in [0.2, 0.25) is 0 Å². The van der Waals surface area contributed by atoms with Crippen LogP contribution in [0, 0.1) is 17.8 Å². The molecule has 1 fully saturated rings. The minimum Gasteiger partial charge on any atom is -0.300 e. The Balaban J connectivity index is 2.52. The zero-order chi connectivity index (χ0) is 18.8. The largest absolute Gasteiger partial charge is 0.300 e. The van der Waals surface area contributed by atoms with Crippen LogP contribution < -0.4 is 0 Å². The normalized spacial score (nSPS) is 24.5. The van der Waals surface area contributed by atoms with E-state index in [0.29, 0.717) is 32.1 Å². The maximum atomic E-state index is 13.8. The summed E-state index contributed by atoms with van der Waals surface area (Å²) in [5.41, 5.74) is 0. The van der Waals surface area contributed by atoms with Crippen molar-refractivity contribution in [3.63, 3.8) is 0 Å². The van der Waals surface area contributed by atoms with Crippen molar-refractivity contribution < 1.29 is 18.8 Å². The molecule has 0 aromatic heterocycles. The van der Waals surface area contributed by atoms with Gasteiger partial charge < -0.3 is 0 Å². The number of carbonyl (C=O) groups excluding carboxylic acids is 3. The van der Waals surface area contributed by atoms with Gasteiger partial charge in [0, 0.05) is 31.6 Å². The fourth-order valence-electron chi connectivity index (χ4n) is 3.94. The van der Waals surface area contributed by atoms with Crippen LogP contribution in [0.5, 0.6) is 0 Å². The quantitative estimate of drug-likeness (QED) is 0.425. The van der Waals surface area contributed by atoms with Crippen molar-refractivity contribution in [2.24, 2.45) is 17.8 Å². The average molecular weight is 355 g/mol. The first-order chi connectivity index (χ1) is 11.9. The number of hydrogen-bond acceptors (Lipinski definition) is 3. The summed E-state index contributed by atoms with van der Waals surface area (Å²) < 4.78 is 13.8. The molecule has 0 saturated heterocycles. The molecule has 0 N–H and O–H groups in total. The molecule has 4 heteroatoms. The monoisotopic (exact) mass is 354 g/mol. The van der Waals surface area contributed by atoms with Crippen molar-refractivity contribution in [1.29, 1.82) is 0 Å². The zero-order valence-corrected chi connectivity index (χ0v) is 16.2. The maximum absolute atomic E-state index is 13.8. The van der Waals surface area contributed by atoms with Gasteiger partial charge in [-0.25, -0.2) is 4.39 Å². The van der Waals surface area contributed by atoms with Crippen LogP contribution in [-0.4, -0.2) is 23.5 Å². The first-order valence-electron chi connectivity index (χ1n) is 10.1. The van der Waals surface area contributed by atoms with Gasteiger partial charge in [-0.3, -0.25) is 14.4 Å². The SMILES string of the molecule is CCCCCC(=O)CC1C(=O)CC(C)C1CCC(=O)C(F)CCCC. The molecule has 0 aromatic carbocycles. The summed E-state index contributed by atoms with van der Waals surface area (Å²) in [6, 6.07) is 0. The standard InChI is InChI=1S/C21H35FO3/c1-4-6-8-9-16(23)14-18-17(15(3)13-21(18)25)11-12-20(24)19(22)10-7-5-2/h15,17-19H,4-14H2,1-3H3. The number of hydrogen-bond donors (Lipinski definition) is 0. The van der Waals surface area contributed by atoms with Crippen LogP contribution in [0.4, 0.5) is 4.39 Å². The Morgan fingerprint density at radius 3 is 2.44 bits per heavy atom. The maximum Gasteiger partial charge on any atom is 0.166 e. The van der Waals surface area contributed by atoms with Gasteiger partial charge >= 0.3 is 0 Å². The number of Topliss-reactive ketones (excluding diaryl/α,β-unsaturated/α-hetero) is 3. The summed E-state index contributed by atoms with van der Waals surface area (Å²) >= 11 is 0. The van der Waals surface area contributed by atoms with Crippen LogP contribution >= 0.6 is 0 Å². The highest BCUT2D eigenvalue weighted by Crippen LogP contribution is 2.39. The number of unbranched alkanes of at least 4 members (excludes halogenated alkanes) is 3. The molecule has 1 rings (SSSR count). The van der Waals surface area contributed by atoms with E-state index in [1.807, 2.05) is 13.8 Å². The minimum atomic E-state index is -1.37. The van der Waals surface area contributed by atoms with E-state index in [0.717, 1.165) is 32.1 Å². The number of ketones is 3. The molecule has 1 aliphatic rings. The third-order valence-electron chi connectivity index (χ3n) is 5.58. The number of rotatable bonds is 13. The average Bonchev–Trinajstić information content (AvgIpc) is 2.83. The minimum absolute atomic E-state index is 0.0463. The lowest BCUT2D eigenvalue weighted by Gasteiger charge is -2.21. The Morgan fingerprint density at radius 1 is 1.12 bits per heavy atom. The van der Waals surface area contributed by atoms with E-state index in [9.17, 15) is 18.8 Å². The molecule has 0 radical (unpaired) electrons. The fraction of sp³-hybridized carbons (Fsp3) is 0.857. The fourth-order valence-corrected chi connectivity index (χ4v) is 3.94. The molecular formula is C21H35FO3. The van der Waals surface area contributed by atoms with Crippen molar-refractivity contribution in [1.82, 2.24) is 0 Å². The first kappa shape index (κ1) is 22.0. The Hall–Kier alpha value is -1.06. The predicted octanol–water partition coefficient (Wildman–Crippen LogP) is 5.24. The topological polar surface area (TPSA) is 51.2 Å². The van der Waals surface area contributed by atoms with E-state index in [2.05, 4.69) is 6.92 Å². The third-order valence-corrected chi connectivity index (χ3v) is 5.58. The summed E-state index contributed by atoms with van der Waals surface area (Å²) in [6.45, 7) is 6.09. The summed E-state index contributed by atoms with van der Waals surface area (Å²) in [5.74, 6) is -0.0637. The lowest BCUT2D eigenvalue weighted by atomic mass is 9.82. The molecule has 3 nitrogen and oxygen atoms in total. The second kappa shape index (κ2) is 11.5. The van der Waals surface area contributed by atoms with Gasteiger partial charge in [0.05, 0.1) is 0 Å². The Morgan fingerprint density at radius 2 is 1.80 bits per heavy atom. The molecule has 4 atom stereocenters. The lowest BCUT2D eigenvalue weighted by molar-refractivity contribution is -0.127. The van der Waals surface area contributed by atoms with E-state index >= 15 is 0 Å². The molecule has 0 spiro atoms. The molecule has 144 valence electrons. The van der Waals surface area contributed by atoms with Gasteiger partial charge in [0.1, 0.15) is 11.6 Å². The molecule has 4 unspecified atom stereocenters. The molecular weight excluding hydrogens is 319 g/mol. The van der Waals surface area contributed by atoms with E-state index in [4.69, 9.17) is 0 Å². The molecule has 1 saturated carbocycles. The Kier molecular flexibility index (Phi) is 10.1. The van der Waals surface area contributed by atoms with Crippen LogP contribution in [0.3, 0.4) is 0 Å². The van der Waals surface area contributed by atoms with E-state index < -0.39 is 6.17 Å². The molecule has 0 amide bonds. The van der Waals surface area contributed by atoms with Gasteiger partial charge in [0.2, 0.25) is 0 Å². The number of alkyl halides is 1. The summed E-state index contributed by atoms with van der Waals surface area (Å²) in [6.07, 6.45) is 5.57. The summed E-state index contributed by atoms with van der Waals surface area (Å²) in [4.78, 5) is 36.4. The summed E-state index contributed by atoms with van der Waals surface area (Å²) in [5, 5.41) is 0. The van der Waals surface area contributed by atoms with Crippen molar-refractivity contribution in [2.75, 3.05) is 0 Å². The van der Waals surface area contributed by atoms with Crippen LogP contribution in [0.15, 0.2) is 0 Å². The van der Waals surface area contributed by atoms with Crippen molar-refractivity contribution in [2.45, 2.75) is 97.6 Å². The number of carbonyl (C=O) groups is 3. The molecule has 0 bridgehead atoms. The molecule has 1 aliphatic carbocycles.